The maximum Gasteiger partial charge on any atom is 0.330 e. The molecule has 7 nitrogen and oxygen atoms in total. The fourth-order valence-corrected chi connectivity index (χ4v) is 1.37. The number of hydrogen-bond donors (Lipinski definition) is 3. The van der Waals surface area contributed by atoms with E-state index in [-0.39, 0.29) is 17.7 Å². The number of aromatic nitrogens is 4. The van der Waals surface area contributed by atoms with Gasteiger partial charge < -0.3 is 4.98 Å². The topological polar surface area (TPSA) is 101 Å². The number of hydrogen-bond acceptors (Lipinski definition) is 4. The molecule has 2 rings (SSSR count). The molecule has 0 aromatic carbocycles. The van der Waals surface area contributed by atoms with Gasteiger partial charge >= 0.3 is 5.69 Å². The summed E-state index contributed by atoms with van der Waals surface area (Å²) in [7, 11) is 0. The van der Waals surface area contributed by atoms with E-state index in [1.165, 1.54) is 6.33 Å². The molecule has 0 aliphatic heterocycles. The fourth-order valence-electron chi connectivity index (χ4n) is 1.23. The minimum absolute atomic E-state index is 0.157. The SMILES string of the molecule is O=C(S)Cn1c(=O)[nH]c2nc[nH]c2c1=O. The molecule has 2 heterocycles. The zero-order valence-corrected chi connectivity index (χ0v) is 8.25. The quantitative estimate of drug-likeness (QED) is 0.564. The van der Waals surface area contributed by atoms with Crippen LogP contribution in [0.3, 0.4) is 0 Å². The third kappa shape index (κ3) is 1.59. The third-order valence-corrected chi connectivity index (χ3v) is 2.00. The van der Waals surface area contributed by atoms with Gasteiger partial charge in [-0.1, -0.05) is 0 Å². The molecule has 0 fully saturated rings. The van der Waals surface area contributed by atoms with Crippen LogP contribution in [-0.2, 0) is 11.3 Å². The number of fused-ring (bicyclic) bond motifs is 1. The van der Waals surface area contributed by atoms with E-state index in [0.717, 1.165) is 4.57 Å². The van der Waals surface area contributed by atoms with Crippen molar-refractivity contribution in [2.75, 3.05) is 0 Å². The third-order valence-electron chi connectivity index (χ3n) is 1.86. The van der Waals surface area contributed by atoms with E-state index in [1.807, 2.05) is 0 Å². The van der Waals surface area contributed by atoms with Crippen LogP contribution in [0.25, 0.3) is 11.2 Å². The van der Waals surface area contributed by atoms with E-state index < -0.39 is 16.4 Å². The average Bonchev–Trinajstić information content (AvgIpc) is 2.59. The molecule has 0 radical (unpaired) electrons. The Bertz CT molecular complexity index is 637. The molecule has 0 aliphatic rings. The van der Waals surface area contributed by atoms with E-state index in [1.54, 1.807) is 0 Å². The highest BCUT2D eigenvalue weighted by Gasteiger charge is 2.10. The van der Waals surface area contributed by atoms with E-state index in [2.05, 4.69) is 27.6 Å². The fraction of sp³-hybridized carbons (Fsp3) is 0.143. The molecule has 8 heteroatoms. The van der Waals surface area contributed by atoms with Gasteiger partial charge in [-0.3, -0.25) is 19.1 Å². The number of nitrogens with one attached hydrogen (secondary N) is 2. The number of rotatable bonds is 2. The van der Waals surface area contributed by atoms with Crippen molar-refractivity contribution in [3.05, 3.63) is 27.2 Å². The minimum atomic E-state index is -0.679. The van der Waals surface area contributed by atoms with Gasteiger partial charge in [0, 0.05) is 0 Å². The summed E-state index contributed by atoms with van der Waals surface area (Å²) in [6, 6.07) is 0. The number of nitrogens with zero attached hydrogens (tertiary/aromatic N) is 2. The van der Waals surface area contributed by atoms with Gasteiger partial charge in [-0.15, -0.1) is 12.6 Å². The molecule has 78 valence electrons. The van der Waals surface area contributed by atoms with Crippen LogP contribution in [0, 0.1) is 0 Å². The highest BCUT2D eigenvalue weighted by Crippen LogP contribution is 1.95. The first-order valence-corrected chi connectivity index (χ1v) is 4.42. The van der Waals surface area contributed by atoms with Gasteiger partial charge in [-0.2, -0.15) is 0 Å². The monoisotopic (exact) mass is 226 g/mol. The Morgan fingerprint density at radius 1 is 1.53 bits per heavy atom. The second-order valence-corrected chi connectivity index (χ2v) is 3.34. The van der Waals surface area contributed by atoms with Gasteiger partial charge in [0.25, 0.3) is 5.56 Å². The number of thiol groups is 1. The molecule has 0 amide bonds. The Labute approximate surface area is 87.6 Å². The number of imidazole rings is 1. The number of carbonyl (C=O) groups is 1. The predicted octanol–water partition coefficient (Wildman–Crippen LogP) is -1.13. The maximum atomic E-state index is 11.6. The van der Waals surface area contributed by atoms with E-state index in [9.17, 15) is 14.4 Å². The van der Waals surface area contributed by atoms with Gasteiger partial charge in [0.05, 0.1) is 12.9 Å². The molecule has 0 saturated carbocycles. The van der Waals surface area contributed by atoms with Crippen molar-refractivity contribution in [1.82, 2.24) is 19.5 Å². The number of H-pyrrole nitrogens is 2. The first kappa shape index (κ1) is 9.71. The first-order chi connectivity index (χ1) is 7.09. The van der Waals surface area contributed by atoms with Crippen molar-refractivity contribution in [1.29, 1.82) is 0 Å². The molecule has 0 bridgehead atoms. The van der Waals surface area contributed by atoms with E-state index >= 15 is 0 Å². The van der Waals surface area contributed by atoms with Gasteiger partial charge in [0.2, 0.25) is 5.12 Å². The van der Waals surface area contributed by atoms with Gasteiger partial charge in [0.1, 0.15) is 5.52 Å². The molecule has 0 spiro atoms. The normalized spacial score (nSPS) is 10.7. The van der Waals surface area contributed by atoms with Crippen molar-refractivity contribution in [2.45, 2.75) is 6.54 Å². The summed E-state index contributed by atoms with van der Waals surface area (Å²) in [5, 5.41) is -0.568. The Morgan fingerprint density at radius 2 is 2.27 bits per heavy atom. The summed E-state index contributed by atoms with van der Waals surface area (Å²) in [4.78, 5) is 42.4. The van der Waals surface area contributed by atoms with Crippen molar-refractivity contribution >= 4 is 28.9 Å². The minimum Gasteiger partial charge on any atom is -0.339 e. The maximum absolute atomic E-state index is 11.6. The Morgan fingerprint density at radius 3 is 2.93 bits per heavy atom. The zero-order chi connectivity index (χ0) is 11.0. The number of aromatic amines is 2. The second kappa shape index (κ2) is 3.39. The summed E-state index contributed by atoms with van der Waals surface area (Å²) < 4.78 is 0.760. The van der Waals surface area contributed by atoms with E-state index in [0.29, 0.717) is 0 Å². The highest BCUT2D eigenvalue weighted by atomic mass is 32.1. The lowest BCUT2D eigenvalue weighted by Gasteiger charge is -1.99. The van der Waals surface area contributed by atoms with Crippen LogP contribution in [0.15, 0.2) is 15.9 Å². The average molecular weight is 226 g/mol. The summed E-state index contributed by atoms with van der Waals surface area (Å²) in [6.07, 6.45) is 1.29. The molecule has 0 unspecified atom stereocenters. The van der Waals surface area contributed by atoms with Crippen molar-refractivity contribution in [3.8, 4) is 0 Å². The van der Waals surface area contributed by atoms with Gasteiger partial charge in [0.15, 0.2) is 5.65 Å². The second-order valence-electron chi connectivity index (χ2n) is 2.84. The summed E-state index contributed by atoms with van der Waals surface area (Å²) in [5.41, 5.74) is -0.937. The van der Waals surface area contributed by atoms with Crippen molar-refractivity contribution < 1.29 is 4.79 Å². The van der Waals surface area contributed by atoms with Crippen LogP contribution < -0.4 is 11.2 Å². The molecule has 2 aromatic heterocycles. The standard InChI is InChI=1S/C7H6N4O3S/c12-3(15)1-11-6(13)4-5(9-2-8-4)10-7(11)14/h2H,1H2,(H,8,9)(H,10,14)(H,12,15). The van der Waals surface area contributed by atoms with Crippen LogP contribution in [0.1, 0.15) is 0 Å². The van der Waals surface area contributed by atoms with Crippen LogP contribution in [0.2, 0.25) is 0 Å². The first-order valence-electron chi connectivity index (χ1n) is 3.97. The summed E-state index contributed by atoms with van der Waals surface area (Å²) >= 11 is 3.51. The lowest BCUT2D eigenvalue weighted by Crippen LogP contribution is -2.36. The van der Waals surface area contributed by atoms with Crippen molar-refractivity contribution in [3.63, 3.8) is 0 Å². The van der Waals surface area contributed by atoms with Crippen LogP contribution in [0.4, 0.5) is 0 Å². The zero-order valence-electron chi connectivity index (χ0n) is 7.35. The Kier molecular flexibility index (Phi) is 2.19. The molecule has 15 heavy (non-hydrogen) atoms. The van der Waals surface area contributed by atoms with Crippen LogP contribution in [0.5, 0.6) is 0 Å². The van der Waals surface area contributed by atoms with Crippen LogP contribution >= 0.6 is 12.6 Å². The molecule has 0 aliphatic carbocycles. The van der Waals surface area contributed by atoms with Crippen molar-refractivity contribution in [2.24, 2.45) is 0 Å². The summed E-state index contributed by atoms with van der Waals surface area (Å²) in [5.74, 6) is 0. The molecule has 2 aromatic rings. The summed E-state index contributed by atoms with van der Waals surface area (Å²) in [6.45, 7) is -0.369. The predicted molar refractivity (Wildman–Crippen MR) is 55.0 cm³/mol. The Balaban J connectivity index is 2.78. The Hall–Kier alpha value is -1.83. The molecular formula is C7H6N4O3S. The van der Waals surface area contributed by atoms with Gasteiger partial charge in [-0.25, -0.2) is 9.78 Å². The molecule has 2 N–H and O–H groups in total. The largest absolute Gasteiger partial charge is 0.339 e. The lowest BCUT2D eigenvalue weighted by atomic mass is 10.5. The molecular weight excluding hydrogens is 220 g/mol. The van der Waals surface area contributed by atoms with E-state index in [4.69, 9.17) is 0 Å². The lowest BCUT2D eigenvalue weighted by molar-refractivity contribution is -0.111. The smallest absolute Gasteiger partial charge is 0.330 e. The number of carbonyl (C=O) groups excluding carboxylic acids is 1. The molecule has 0 atom stereocenters. The van der Waals surface area contributed by atoms with Crippen LogP contribution in [-0.4, -0.2) is 24.6 Å². The van der Waals surface area contributed by atoms with Gasteiger partial charge in [-0.05, 0) is 0 Å². The molecule has 0 saturated heterocycles. The highest BCUT2D eigenvalue weighted by molar-refractivity contribution is 7.96.